The van der Waals surface area contributed by atoms with E-state index in [2.05, 4.69) is 15.4 Å². The minimum absolute atomic E-state index is 0.213. The highest BCUT2D eigenvalue weighted by molar-refractivity contribution is 6.35. The van der Waals surface area contributed by atoms with Gasteiger partial charge in [0.15, 0.2) is 6.10 Å². The van der Waals surface area contributed by atoms with Crippen molar-refractivity contribution < 1.29 is 9.53 Å². The lowest BCUT2D eigenvalue weighted by molar-refractivity contribution is -0.127. The molecule has 1 atom stereocenters. The van der Waals surface area contributed by atoms with Gasteiger partial charge in [-0.15, -0.1) is 0 Å². The van der Waals surface area contributed by atoms with Gasteiger partial charge in [-0.2, -0.15) is 5.10 Å². The summed E-state index contributed by atoms with van der Waals surface area (Å²) in [7, 11) is 0. The maximum absolute atomic E-state index is 12.3. The fourth-order valence-corrected chi connectivity index (χ4v) is 2.97. The number of carbonyl (C=O) groups is 1. The molecular weight excluding hydrogens is 415 g/mol. The molecule has 1 aromatic carbocycles. The minimum Gasteiger partial charge on any atom is -0.479 e. The Balaban J connectivity index is 1.58. The van der Waals surface area contributed by atoms with Crippen LogP contribution in [0.15, 0.2) is 59.7 Å². The number of nitrogens with one attached hydrogen (secondary N) is 1. The second kappa shape index (κ2) is 9.54. The van der Waals surface area contributed by atoms with Crippen LogP contribution in [0, 0.1) is 0 Å². The summed E-state index contributed by atoms with van der Waals surface area (Å²) in [4.78, 5) is 28.4. The fraction of sp³-hybridized carbons (Fsp3) is 0.200. The molecule has 3 rings (SSSR count). The van der Waals surface area contributed by atoms with Crippen molar-refractivity contribution in [1.82, 2.24) is 20.1 Å². The quantitative estimate of drug-likeness (QED) is 0.619. The summed E-state index contributed by atoms with van der Waals surface area (Å²) >= 11 is 11.9. The molecule has 1 N–H and O–H groups in total. The lowest BCUT2D eigenvalue weighted by Gasteiger charge is -2.16. The van der Waals surface area contributed by atoms with Crippen molar-refractivity contribution in [2.75, 3.05) is 6.54 Å². The molecular formula is C20H18Cl2N4O3. The Hall–Kier alpha value is -2.90. The van der Waals surface area contributed by atoms with E-state index < -0.39 is 6.10 Å². The van der Waals surface area contributed by atoms with E-state index in [9.17, 15) is 9.59 Å². The average Bonchev–Trinajstić information content (AvgIpc) is 2.72. The molecule has 0 saturated carbocycles. The maximum atomic E-state index is 12.3. The average molecular weight is 433 g/mol. The molecule has 0 saturated heterocycles. The Bertz CT molecular complexity index is 1060. The first-order valence-corrected chi connectivity index (χ1v) is 9.57. The van der Waals surface area contributed by atoms with E-state index in [0.717, 1.165) is 5.56 Å². The molecule has 2 heterocycles. The van der Waals surface area contributed by atoms with E-state index in [4.69, 9.17) is 27.9 Å². The van der Waals surface area contributed by atoms with Gasteiger partial charge < -0.3 is 10.1 Å². The Morgan fingerprint density at radius 1 is 1.24 bits per heavy atom. The van der Waals surface area contributed by atoms with Gasteiger partial charge in [0.25, 0.3) is 11.5 Å². The van der Waals surface area contributed by atoms with E-state index in [1.807, 2.05) is 6.07 Å². The third kappa shape index (κ3) is 5.56. The molecule has 0 radical (unpaired) electrons. The number of rotatable bonds is 7. The van der Waals surface area contributed by atoms with Crippen LogP contribution in [0.3, 0.4) is 0 Å². The zero-order valence-electron chi connectivity index (χ0n) is 15.5. The Morgan fingerprint density at radius 3 is 2.79 bits per heavy atom. The van der Waals surface area contributed by atoms with Gasteiger partial charge in [0.1, 0.15) is 5.75 Å². The second-order valence-corrected chi connectivity index (χ2v) is 6.99. The number of hydrogen-bond acceptors (Lipinski definition) is 5. The zero-order valence-corrected chi connectivity index (χ0v) is 17.0. The number of amides is 1. The largest absolute Gasteiger partial charge is 0.479 e. The van der Waals surface area contributed by atoms with Crippen LogP contribution >= 0.6 is 23.2 Å². The van der Waals surface area contributed by atoms with Crippen molar-refractivity contribution in [2.45, 2.75) is 19.6 Å². The molecule has 2 aromatic heterocycles. The van der Waals surface area contributed by atoms with E-state index in [-0.39, 0.29) is 24.6 Å². The van der Waals surface area contributed by atoms with E-state index in [1.165, 1.54) is 16.8 Å². The molecule has 0 aliphatic carbocycles. The van der Waals surface area contributed by atoms with Crippen LogP contribution in [0.4, 0.5) is 0 Å². The topological polar surface area (TPSA) is 86.1 Å². The highest BCUT2D eigenvalue weighted by atomic mass is 35.5. The molecule has 150 valence electrons. The van der Waals surface area contributed by atoms with Gasteiger partial charge in [0.2, 0.25) is 0 Å². The molecule has 9 heteroatoms. The number of pyridine rings is 1. The number of hydrogen-bond donors (Lipinski definition) is 1. The smallest absolute Gasteiger partial charge is 0.266 e. The van der Waals surface area contributed by atoms with Crippen LogP contribution < -0.4 is 15.6 Å². The second-order valence-electron chi connectivity index (χ2n) is 6.15. The number of benzene rings is 1. The molecule has 0 aliphatic heterocycles. The number of ether oxygens (including phenoxy) is 1. The van der Waals surface area contributed by atoms with Gasteiger partial charge in [0, 0.05) is 35.6 Å². The predicted molar refractivity (Wildman–Crippen MR) is 111 cm³/mol. The highest BCUT2D eigenvalue weighted by Gasteiger charge is 2.16. The number of nitrogens with zero attached hydrogens (tertiary/aromatic N) is 3. The van der Waals surface area contributed by atoms with Gasteiger partial charge in [-0.05, 0) is 43.3 Å². The molecule has 1 unspecified atom stereocenters. The SMILES string of the molecule is CC(Oc1ccc(Cl)cc1Cl)C(=O)NCCn1nc(-c2cccnc2)ccc1=O. The first-order chi connectivity index (χ1) is 13.9. The third-order valence-corrected chi connectivity index (χ3v) is 4.54. The summed E-state index contributed by atoms with van der Waals surface area (Å²) in [5, 5.41) is 7.84. The lowest BCUT2D eigenvalue weighted by Crippen LogP contribution is -2.39. The van der Waals surface area contributed by atoms with Crippen molar-refractivity contribution in [3.05, 3.63) is 75.3 Å². The zero-order chi connectivity index (χ0) is 20.8. The number of halogens is 2. The van der Waals surface area contributed by atoms with Gasteiger partial charge >= 0.3 is 0 Å². The monoisotopic (exact) mass is 432 g/mol. The van der Waals surface area contributed by atoms with Crippen molar-refractivity contribution in [3.8, 4) is 17.0 Å². The van der Waals surface area contributed by atoms with Gasteiger partial charge in [0.05, 0.1) is 17.3 Å². The molecule has 0 aliphatic rings. The highest BCUT2D eigenvalue weighted by Crippen LogP contribution is 2.28. The Kier molecular flexibility index (Phi) is 6.85. The lowest BCUT2D eigenvalue weighted by atomic mass is 10.2. The standard InChI is InChI=1S/C20H18Cl2N4O3/c1-13(29-18-6-4-15(21)11-16(18)22)20(28)24-9-10-26-19(27)7-5-17(25-26)14-3-2-8-23-12-14/h2-8,11-13H,9-10H2,1H3,(H,24,28). The van der Waals surface area contributed by atoms with Crippen molar-refractivity contribution in [1.29, 1.82) is 0 Å². The van der Waals surface area contributed by atoms with E-state index >= 15 is 0 Å². The summed E-state index contributed by atoms with van der Waals surface area (Å²) in [6.07, 6.45) is 2.55. The summed E-state index contributed by atoms with van der Waals surface area (Å²) in [6, 6.07) is 11.5. The van der Waals surface area contributed by atoms with Crippen LogP contribution in [0.2, 0.25) is 10.0 Å². The predicted octanol–water partition coefficient (Wildman–Crippen LogP) is 3.20. The summed E-state index contributed by atoms with van der Waals surface area (Å²) in [5.74, 6) is 0.0215. The fourth-order valence-electron chi connectivity index (χ4n) is 2.52. The normalized spacial score (nSPS) is 11.7. The van der Waals surface area contributed by atoms with Crippen LogP contribution in [0.5, 0.6) is 5.75 Å². The summed E-state index contributed by atoms with van der Waals surface area (Å²) in [5.41, 5.74) is 1.16. The Morgan fingerprint density at radius 2 is 2.07 bits per heavy atom. The summed E-state index contributed by atoms with van der Waals surface area (Å²) in [6.45, 7) is 2.03. The van der Waals surface area contributed by atoms with Gasteiger partial charge in [-0.25, -0.2) is 4.68 Å². The molecule has 3 aromatic rings. The first-order valence-electron chi connectivity index (χ1n) is 8.82. The number of aromatic nitrogens is 3. The van der Waals surface area contributed by atoms with Gasteiger partial charge in [-0.1, -0.05) is 23.2 Å². The van der Waals surface area contributed by atoms with Crippen LogP contribution in [0.25, 0.3) is 11.3 Å². The summed E-state index contributed by atoms with van der Waals surface area (Å²) < 4.78 is 6.87. The molecule has 0 spiro atoms. The van der Waals surface area contributed by atoms with E-state index in [0.29, 0.717) is 21.5 Å². The minimum atomic E-state index is -0.778. The van der Waals surface area contributed by atoms with E-state index in [1.54, 1.807) is 43.6 Å². The molecule has 7 nitrogen and oxygen atoms in total. The molecule has 1 amide bonds. The van der Waals surface area contributed by atoms with Crippen molar-refractivity contribution >= 4 is 29.1 Å². The van der Waals surface area contributed by atoms with Gasteiger partial charge in [-0.3, -0.25) is 14.6 Å². The van der Waals surface area contributed by atoms with Crippen LogP contribution in [0.1, 0.15) is 6.92 Å². The molecule has 0 fully saturated rings. The first kappa shape index (κ1) is 20.8. The van der Waals surface area contributed by atoms with Crippen molar-refractivity contribution in [2.24, 2.45) is 0 Å². The van der Waals surface area contributed by atoms with Crippen LogP contribution in [-0.4, -0.2) is 33.3 Å². The Labute approximate surface area is 177 Å². The maximum Gasteiger partial charge on any atom is 0.266 e. The molecule has 29 heavy (non-hydrogen) atoms. The van der Waals surface area contributed by atoms with Crippen LogP contribution in [-0.2, 0) is 11.3 Å². The van der Waals surface area contributed by atoms with Crippen molar-refractivity contribution in [3.63, 3.8) is 0 Å². The molecule has 0 bridgehead atoms. The third-order valence-electron chi connectivity index (χ3n) is 4.01. The number of carbonyl (C=O) groups excluding carboxylic acids is 1.